The first-order chi connectivity index (χ1) is 13.4. The zero-order chi connectivity index (χ0) is 21.7. The number of nitrogens with one attached hydrogen (secondary N) is 2. The lowest BCUT2D eigenvalue weighted by Crippen LogP contribution is -2.28. The molecule has 2 rings (SSSR count). The molecule has 0 aliphatic heterocycles. The Morgan fingerprint density at radius 2 is 1.03 bits per heavy atom. The highest BCUT2D eigenvalue weighted by Gasteiger charge is 2.17. The van der Waals surface area contributed by atoms with Crippen molar-refractivity contribution in [2.24, 2.45) is 9.98 Å². The fourth-order valence-corrected chi connectivity index (χ4v) is 2.99. The van der Waals surface area contributed by atoms with Gasteiger partial charge in [0, 0.05) is 0 Å². The van der Waals surface area contributed by atoms with Crippen molar-refractivity contribution in [1.82, 2.24) is 0 Å². The molecule has 0 heterocycles. The SMILES string of the molecule is CC(C)(C)N=C(CC(=NC(C)(C)C)Nc1ccccc1Cl)Nc1ccccc1Cl. The first kappa shape index (κ1) is 23.2. The van der Waals surface area contributed by atoms with Crippen molar-refractivity contribution in [3.05, 3.63) is 58.6 Å². The Bertz CT molecular complexity index is 817. The maximum absolute atomic E-state index is 6.35. The molecule has 0 bridgehead atoms. The third-order valence-corrected chi connectivity index (χ3v) is 4.24. The highest BCUT2D eigenvalue weighted by molar-refractivity contribution is 6.34. The lowest BCUT2D eigenvalue weighted by Gasteiger charge is -2.22. The fourth-order valence-electron chi connectivity index (χ4n) is 2.63. The summed E-state index contributed by atoms with van der Waals surface area (Å²) in [7, 11) is 0. The topological polar surface area (TPSA) is 48.8 Å². The van der Waals surface area contributed by atoms with E-state index in [0.29, 0.717) is 16.5 Å². The lowest BCUT2D eigenvalue weighted by molar-refractivity contribution is 0.580. The van der Waals surface area contributed by atoms with Gasteiger partial charge >= 0.3 is 0 Å². The molecule has 2 N–H and O–H groups in total. The molecule has 6 heteroatoms. The van der Waals surface area contributed by atoms with E-state index in [0.717, 1.165) is 23.0 Å². The van der Waals surface area contributed by atoms with E-state index in [1.807, 2.05) is 48.5 Å². The van der Waals surface area contributed by atoms with Crippen LogP contribution in [-0.4, -0.2) is 22.7 Å². The minimum absolute atomic E-state index is 0.263. The van der Waals surface area contributed by atoms with Gasteiger partial charge in [0.2, 0.25) is 0 Å². The van der Waals surface area contributed by atoms with E-state index in [1.165, 1.54) is 0 Å². The van der Waals surface area contributed by atoms with Crippen LogP contribution in [0.15, 0.2) is 58.5 Å². The van der Waals surface area contributed by atoms with Crippen LogP contribution in [-0.2, 0) is 0 Å². The van der Waals surface area contributed by atoms with Crippen molar-refractivity contribution in [1.29, 1.82) is 0 Å². The number of benzene rings is 2. The van der Waals surface area contributed by atoms with E-state index >= 15 is 0 Å². The van der Waals surface area contributed by atoms with Crippen LogP contribution in [0, 0.1) is 0 Å². The molecule has 29 heavy (non-hydrogen) atoms. The van der Waals surface area contributed by atoms with Gasteiger partial charge in [-0.3, -0.25) is 9.98 Å². The first-order valence-electron chi connectivity index (χ1n) is 9.63. The molecule has 0 unspecified atom stereocenters. The second-order valence-electron chi connectivity index (χ2n) is 8.85. The largest absolute Gasteiger partial charge is 0.342 e. The fraction of sp³-hybridized carbons (Fsp3) is 0.391. The average Bonchev–Trinajstić information content (AvgIpc) is 2.56. The number of para-hydroxylation sites is 2. The molecular weight excluding hydrogens is 403 g/mol. The molecule has 0 radical (unpaired) electrons. The van der Waals surface area contributed by atoms with Crippen molar-refractivity contribution < 1.29 is 0 Å². The third-order valence-electron chi connectivity index (χ3n) is 3.58. The van der Waals surface area contributed by atoms with Crippen molar-refractivity contribution in [3.63, 3.8) is 0 Å². The van der Waals surface area contributed by atoms with Crippen molar-refractivity contribution in [3.8, 4) is 0 Å². The van der Waals surface area contributed by atoms with Gasteiger partial charge < -0.3 is 10.6 Å². The Labute approximate surface area is 184 Å². The Hall–Kier alpha value is -2.04. The van der Waals surface area contributed by atoms with E-state index in [4.69, 9.17) is 33.2 Å². The first-order valence-corrected chi connectivity index (χ1v) is 10.4. The van der Waals surface area contributed by atoms with Gasteiger partial charge in [-0.2, -0.15) is 0 Å². The molecule has 0 atom stereocenters. The van der Waals surface area contributed by atoms with E-state index in [1.54, 1.807) is 0 Å². The number of nitrogens with zero attached hydrogens (tertiary/aromatic N) is 2. The zero-order valence-corrected chi connectivity index (χ0v) is 19.5. The van der Waals surface area contributed by atoms with Crippen LogP contribution in [0.25, 0.3) is 0 Å². The van der Waals surface area contributed by atoms with Crippen molar-refractivity contribution >= 4 is 46.2 Å². The van der Waals surface area contributed by atoms with Crippen molar-refractivity contribution in [2.75, 3.05) is 10.6 Å². The standard InChI is InChI=1S/C23H30Cl2N4/c1-22(2,3)28-20(26-18-13-9-7-11-16(18)24)15-21(29-23(4,5)6)27-19-14-10-8-12-17(19)25/h7-14H,15H2,1-6H3,(H,26,28)(H,27,29). The number of halogens is 2. The summed E-state index contributed by atoms with van der Waals surface area (Å²) in [5.74, 6) is 1.54. The maximum atomic E-state index is 6.35. The van der Waals surface area contributed by atoms with Gasteiger partial charge in [0.25, 0.3) is 0 Å². The smallest absolute Gasteiger partial charge is 0.109 e. The summed E-state index contributed by atoms with van der Waals surface area (Å²) in [5.41, 5.74) is 1.09. The van der Waals surface area contributed by atoms with Gasteiger partial charge in [0.1, 0.15) is 11.7 Å². The maximum Gasteiger partial charge on any atom is 0.109 e. The predicted molar refractivity (Wildman–Crippen MR) is 129 cm³/mol. The van der Waals surface area contributed by atoms with E-state index < -0.39 is 0 Å². The van der Waals surface area contributed by atoms with Crippen LogP contribution >= 0.6 is 23.2 Å². The molecule has 0 aromatic heterocycles. The molecule has 0 aliphatic rings. The number of anilines is 2. The van der Waals surface area contributed by atoms with E-state index in [-0.39, 0.29) is 11.1 Å². The number of aliphatic imine (C=N–C) groups is 2. The Balaban J connectivity index is 2.39. The molecule has 2 aromatic rings. The minimum atomic E-state index is -0.263. The number of hydrogen-bond acceptors (Lipinski definition) is 2. The molecular formula is C23H30Cl2N4. The molecule has 156 valence electrons. The summed E-state index contributed by atoms with van der Waals surface area (Å²) in [6.45, 7) is 12.4. The average molecular weight is 433 g/mol. The van der Waals surface area contributed by atoms with Gasteiger partial charge in [-0.25, -0.2) is 0 Å². The van der Waals surface area contributed by atoms with Gasteiger partial charge in [-0.1, -0.05) is 47.5 Å². The molecule has 0 saturated carbocycles. The molecule has 0 saturated heterocycles. The van der Waals surface area contributed by atoms with Gasteiger partial charge in [0.05, 0.1) is 38.9 Å². The van der Waals surface area contributed by atoms with Gasteiger partial charge in [0.15, 0.2) is 0 Å². The molecule has 0 aliphatic carbocycles. The summed E-state index contributed by atoms with van der Waals surface area (Å²) in [4.78, 5) is 9.74. The van der Waals surface area contributed by atoms with Crippen LogP contribution < -0.4 is 10.6 Å². The van der Waals surface area contributed by atoms with Crippen LogP contribution in [0.4, 0.5) is 11.4 Å². The molecule has 0 amide bonds. The van der Waals surface area contributed by atoms with Crippen LogP contribution in [0.3, 0.4) is 0 Å². The van der Waals surface area contributed by atoms with E-state index in [2.05, 4.69) is 52.2 Å². The normalized spacial score (nSPS) is 13.4. The quantitative estimate of drug-likeness (QED) is 0.393. The van der Waals surface area contributed by atoms with Gasteiger partial charge in [-0.15, -0.1) is 0 Å². The molecule has 0 fully saturated rings. The molecule has 2 aromatic carbocycles. The Morgan fingerprint density at radius 1 is 0.690 bits per heavy atom. The Morgan fingerprint density at radius 3 is 1.34 bits per heavy atom. The van der Waals surface area contributed by atoms with Crippen molar-refractivity contribution in [2.45, 2.75) is 59.0 Å². The summed E-state index contributed by atoms with van der Waals surface area (Å²) in [6, 6.07) is 15.3. The predicted octanol–water partition coefficient (Wildman–Crippen LogP) is 7.30. The summed E-state index contributed by atoms with van der Waals surface area (Å²) < 4.78 is 0. The minimum Gasteiger partial charge on any atom is -0.342 e. The number of rotatable bonds is 4. The summed E-state index contributed by atoms with van der Waals surface area (Å²) in [6.07, 6.45) is 0.477. The third kappa shape index (κ3) is 8.46. The Kier molecular flexibility index (Phi) is 7.73. The van der Waals surface area contributed by atoms with Crippen LogP contribution in [0.5, 0.6) is 0 Å². The highest BCUT2D eigenvalue weighted by atomic mass is 35.5. The summed E-state index contributed by atoms with van der Waals surface area (Å²) >= 11 is 12.7. The highest BCUT2D eigenvalue weighted by Crippen LogP contribution is 2.24. The summed E-state index contributed by atoms with van der Waals surface area (Å²) in [5, 5.41) is 8.05. The van der Waals surface area contributed by atoms with E-state index in [9.17, 15) is 0 Å². The molecule has 0 spiro atoms. The second-order valence-corrected chi connectivity index (χ2v) is 9.66. The lowest BCUT2D eigenvalue weighted by atomic mass is 10.1. The monoisotopic (exact) mass is 432 g/mol. The zero-order valence-electron chi connectivity index (χ0n) is 18.0. The van der Waals surface area contributed by atoms with Gasteiger partial charge in [-0.05, 0) is 65.8 Å². The van der Waals surface area contributed by atoms with Crippen LogP contribution in [0.2, 0.25) is 10.0 Å². The number of amidine groups is 2. The van der Waals surface area contributed by atoms with Crippen LogP contribution in [0.1, 0.15) is 48.0 Å². The second kappa shape index (κ2) is 9.64. The molecule has 4 nitrogen and oxygen atoms in total. The number of hydrogen-bond donors (Lipinski definition) is 2.